The Balaban J connectivity index is 1.43. The zero-order valence-electron chi connectivity index (χ0n) is 14.6. The minimum Gasteiger partial charge on any atom is -0.444 e. The summed E-state index contributed by atoms with van der Waals surface area (Å²) in [5.74, 6) is 2.52. The number of nitrogens with one attached hydrogen (secondary N) is 2. The lowest BCUT2D eigenvalue weighted by Crippen LogP contribution is -2.54. The molecule has 5 nitrogen and oxygen atoms in total. The number of rotatable bonds is 4. The van der Waals surface area contributed by atoms with Crippen LogP contribution in [-0.4, -0.2) is 30.7 Å². The molecule has 4 aliphatic rings. The third-order valence-corrected chi connectivity index (χ3v) is 5.60. The highest BCUT2D eigenvalue weighted by Crippen LogP contribution is 2.60. The van der Waals surface area contributed by atoms with E-state index in [2.05, 4.69) is 10.6 Å². The molecule has 23 heavy (non-hydrogen) atoms. The van der Waals surface area contributed by atoms with E-state index in [-0.39, 0.29) is 11.3 Å². The highest BCUT2D eigenvalue weighted by Gasteiger charge is 2.54. The average Bonchev–Trinajstić information content (AvgIpc) is 2.39. The van der Waals surface area contributed by atoms with Gasteiger partial charge in [-0.3, -0.25) is 4.79 Å². The van der Waals surface area contributed by atoms with Gasteiger partial charge in [0.05, 0.1) is 0 Å². The molecule has 0 unspecified atom stereocenters. The van der Waals surface area contributed by atoms with Gasteiger partial charge in [-0.25, -0.2) is 4.79 Å². The van der Waals surface area contributed by atoms with E-state index >= 15 is 0 Å². The molecular weight excluding hydrogens is 292 g/mol. The van der Waals surface area contributed by atoms with Crippen LogP contribution in [0.3, 0.4) is 0 Å². The predicted molar refractivity (Wildman–Crippen MR) is 87.9 cm³/mol. The molecule has 0 spiro atoms. The maximum absolute atomic E-state index is 12.7. The molecule has 2 amide bonds. The summed E-state index contributed by atoms with van der Waals surface area (Å²) in [4.78, 5) is 24.3. The standard InChI is InChI=1S/C18H30N2O3/c1-17(2,3)23-16(22)20-5-4-19-15(21)18-9-12-6-13(10-18)8-14(7-12)11-18/h12-14H,4-11H2,1-3H3,(H,19,21)(H,20,22). The Morgan fingerprint density at radius 2 is 1.43 bits per heavy atom. The molecule has 4 fully saturated rings. The Hall–Kier alpha value is -1.26. The summed E-state index contributed by atoms with van der Waals surface area (Å²) in [7, 11) is 0. The van der Waals surface area contributed by atoms with E-state index in [0.717, 1.165) is 37.0 Å². The van der Waals surface area contributed by atoms with Crippen LogP contribution in [0.15, 0.2) is 0 Å². The van der Waals surface area contributed by atoms with E-state index in [1.165, 1.54) is 19.3 Å². The van der Waals surface area contributed by atoms with Crippen LogP contribution in [0.2, 0.25) is 0 Å². The van der Waals surface area contributed by atoms with Gasteiger partial charge in [0.2, 0.25) is 5.91 Å². The Morgan fingerprint density at radius 3 is 1.91 bits per heavy atom. The molecule has 0 aromatic rings. The van der Waals surface area contributed by atoms with Crippen molar-refractivity contribution in [2.75, 3.05) is 13.1 Å². The third kappa shape index (κ3) is 3.81. The van der Waals surface area contributed by atoms with Crippen molar-refractivity contribution >= 4 is 12.0 Å². The van der Waals surface area contributed by atoms with Crippen molar-refractivity contribution in [3.8, 4) is 0 Å². The first-order valence-corrected chi connectivity index (χ1v) is 9.01. The van der Waals surface area contributed by atoms with Gasteiger partial charge in [0, 0.05) is 18.5 Å². The van der Waals surface area contributed by atoms with Crippen molar-refractivity contribution in [1.82, 2.24) is 10.6 Å². The third-order valence-electron chi connectivity index (χ3n) is 5.60. The molecule has 0 aromatic heterocycles. The van der Waals surface area contributed by atoms with E-state index in [1.807, 2.05) is 20.8 Å². The molecule has 0 heterocycles. The number of hydrogen-bond acceptors (Lipinski definition) is 3. The first-order valence-electron chi connectivity index (χ1n) is 9.01. The monoisotopic (exact) mass is 322 g/mol. The van der Waals surface area contributed by atoms with Crippen LogP contribution in [0, 0.1) is 23.2 Å². The van der Waals surface area contributed by atoms with Crippen molar-refractivity contribution in [3.05, 3.63) is 0 Å². The van der Waals surface area contributed by atoms with Crippen molar-refractivity contribution in [1.29, 1.82) is 0 Å². The molecule has 0 aliphatic heterocycles. The summed E-state index contributed by atoms with van der Waals surface area (Å²) in [6.07, 6.45) is 6.81. The largest absolute Gasteiger partial charge is 0.444 e. The predicted octanol–water partition coefficient (Wildman–Crippen LogP) is 2.84. The van der Waals surface area contributed by atoms with Gasteiger partial charge in [0.25, 0.3) is 0 Å². The van der Waals surface area contributed by atoms with E-state index in [9.17, 15) is 9.59 Å². The lowest BCUT2D eigenvalue weighted by molar-refractivity contribution is -0.146. The topological polar surface area (TPSA) is 67.4 Å². The van der Waals surface area contributed by atoms with Crippen LogP contribution in [0.25, 0.3) is 0 Å². The van der Waals surface area contributed by atoms with Crippen molar-refractivity contribution in [3.63, 3.8) is 0 Å². The fraction of sp³-hybridized carbons (Fsp3) is 0.889. The number of carbonyl (C=O) groups is 2. The second-order valence-corrected chi connectivity index (χ2v) is 8.88. The Labute approximate surface area is 138 Å². The van der Waals surface area contributed by atoms with Crippen LogP contribution in [0.4, 0.5) is 4.79 Å². The van der Waals surface area contributed by atoms with Crippen molar-refractivity contribution in [2.45, 2.75) is 64.9 Å². The average molecular weight is 322 g/mol. The molecule has 4 bridgehead atoms. The smallest absolute Gasteiger partial charge is 0.407 e. The molecule has 0 saturated heterocycles. The quantitative estimate of drug-likeness (QED) is 0.782. The van der Waals surface area contributed by atoms with Crippen LogP contribution < -0.4 is 10.6 Å². The van der Waals surface area contributed by atoms with Crippen molar-refractivity contribution < 1.29 is 14.3 Å². The summed E-state index contributed by atoms with van der Waals surface area (Å²) in [5.41, 5.74) is -0.604. The summed E-state index contributed by atoms with van der Waals surface area (Å²) in [6.45, 7) is 6.39. The SMILES string of the molecule is CC(C)(C)OC(=O)NCCNC(=O)C12CC3CC(CC(C3)C1)C2. The van der Waals surface area contributed by atoms with Gasteiger partial charge in [-0.15, -0.1) is 0 Å². The summed E-state index contributed by atoms with van der Waals surface area (Å²) < 4.78 is 5.18. The van der Waals surface area contributed by atoms with E-state index in [0.29, 0.717) is 13.1 Å². The van der Waals surface area contributed by atoms with Gasteiger partial charge in [0.15, 0.2) is 0 Å². The Bertz CT molecular complexity index is 446. The minimum atomic E-state index is -0.494. The number of hydrogen-bond donors (Lipinski definition) is 2. The van der Waals surface area contributed by atoms with E-state index in [1.54, 1.807) is 0 Å². The summed E-state index contributed by atoms with van der Waals surface area (Å²) in [6, 6.07) is 0. The Kier molecular flexibility index (Phi) is 4.32. The van der Waals surface area contributed by atoms with Gasteiger partial charge in [0.1, 0.15) is 5.60 Å². The van der Waals surface area contributed by atoms with Gasteiger partial charge in [-0.1, -0.05) is 0 Å². The molecule has 4 saturated carbocycles. The number of carbonyl (C=O) groups excluding carboxylic acids is 2. The fourth-order valence-corrected chi connectivity index (χ4v) is 5.23. The van der Waals surface area contributed by atoms with Crippen LogP contribution >= 0.6 is 0 Å². The minimum absolute atomic E-state index is 0.110. The number of amides is 2. The summed E-state index contributed by atoms with van der Waals surface area (Å²) in [5, 5.41) is 5.74. The first-order chi connectivity index (χ1) is 10.8. The maximum atomic E-state index is 12.7. The second kappa shape index (κ2) is 5.99. The molecule has 5 heteroatoms. The summed E-state index contributed by atoms with van der Waals surface area (Å²) >= 11 is 0. The number of ether oxygens (including phenoxy) is 1. The molecule has 2 N–H and O–H groups in total. The molecule has 0 atom stereocenters. The number of alkyl carbamates (subject to hydrolysis) is 1. The van der Waals surface area contributed by atoms with Crippen LogP contribution in [0.1, 0.15) is 59.3 Å². The fourth-order valence-electron chi connectivity index (χ4n) is 5.23. The van der Waals surface area contributed by atoms with Gasteiger partial charge < -0.3 is 15.4 Å². The highest BCUT2D eigenvalue weighted by molar-refractivity contribution is 5.83. The molecule has 4 rings (SSSR count). The molecule has 130 valence electrons. The highest BCUT2D eigenvalue weighted by atomic mass is 16.6. The normalized spacial score (nSPS) is 35.0. The van der Waals surface area contributed by atoms with Gasteiger partial charge >= 0.3 is 6.09 Å². The zero-order valence-corrected chi connectivity index (χ0v) is 14.6. The molecule has 0 aromatic carbocycles. The lowest BCUT2D eigenvalue weighted by Gasteiger charge is -2.55. The van der Waals surface area contributed by atoms with Crippen LogP contribution in [-0.2, 0) is 9.53 Å². The van der Waals surface area contributed by atoms with Gasteiger partial charge in [-0.05, 0) is 77.0 Å². The van der Waals surface area contributed by atoms with Crippen LogP contribution in [0.5, 0.6) is 0 Å². The molecule has 4 aliphatic carbocycles. The molecular formula is C18H30N2O3. The zero-order chi connectivity index (χ0) is 16.7. The Morgan fingerprint density at radius 1 is 0.957 bits per heavy atom. The van der Waals surface area contributed by atoms with E-state index in [4.69, 9.17) is 4.74 Å². The van der Waals surface area contributed by atoms with Gasteiger partial charge in [-0.2, -0.15) is 0 Å². The van der Waals surface area contributed by atoms with E-state index < -0.39 is 11.7 Å². The molecule has 0 radical (unpaired) electrons. The first kappa shape index (κ1) is 16.6. The van der Waals surface area contributed by atoms with Crippen molar-refractivity contribution in [2.24, 2.45) is 23.2 Å². The second-order valence-electron chi connectivity index (χ2n) is 8.88. The maximum Gasteiger partial charge on any atom is 0.407 e. The lowest BCUT2D eigenvalue weighted by atomic mass is 9.49.